The van der Waals surface area contributed by atoms with E-state index in [1.165, 1.54) is 11.3 Å². The van der Waals surface area contributed by atoms with Crippen LogP contribution in [0.15, 0.2) is 34.1 Å². The second kappa shape index (κ2) is 6.97. The molecule has 0 fully saturated rings. The van der Waals surface area contributed by atoms with E-state index < -0.39 is 0 Å². The lowest BCUT2D eigenvalue weighted by Gasteiger charge is -2.16. The summed E-state index contributed by atoms with van der Waals surface area (Å²) in [5.41, 5.74) is 7.05. The molecule has 0 radical (unpaired) electrons. The minimum Gasteiger partial charge on any atom is -0.336 e. The molecule has 1 amide bonds. The number of carbonyl (C=O) groups is 1. The van der Waals surface area contributed by atoms with Crippen LogP contribution in [0.1, 0.15) is 21.1 Å². The summed E-state index contributed by atoms with van der Waals surface area (Å²) in [5.74, 6) is -0.0692. The van der Waals surface area contributed by atoms with E-state index in [-0.39, 0.29) is 5.91 Å². The summed E-state index contributed by atoms with van der Waals surface area (Å²) in [7, 11) is 1.78. The summed E-state index contributed by atoms with van der Waals surface area (Å²) in [4.78, 5) is 18.3. The van der Waals surface area contributed by atoms with Gasteiger partial charge in [0.1, 0.15) is 5.69 Å². The number of aromatic nitrogens is 1. The Morgan fingerprint density at radius 2 is 2.20 bits per heavy atom. The van der Waals surface area contributed by atoms with Gasteiger partial charge in [0.05, 0.1) is 5.01 Å². The van der Waals surface area contributed by atoms with Crippen molar-refractivity contribution >= 4 is 33.2 Å². The number of halogens is 1. The Balaban J connectivity index is 2.06. The number of hydrogen-bond acceptors (Lipinski definition) is 4. The van der Waals surface area contributed by atoms with E-state index in [1.807, 2.05) is 24.3 Å². The van der Waals surface area contributed by atoms with Gasteiger partial charge in [-0.05, 0) is 18.2 Å². The van der Waals surface area contributed by atoms with Crippen LogP contribution in [0.3, 0.4) is 0 Å². The molecule has 2 rings (SSSR count). The fourth-order valence-electron chi connectivity index (χ4n) is 1.80. The Labute approximate surface area is 130 Å². The van der Waals surface area contributed by atoms with Crippen molar-refractivity contribution in [2.24, 2.45) is 5.73 Å². The fourth-order valence-corrected chi connectivity index (χ4v) is 3.00. The van der Waals surface area contributed by atoms with E-state index in [4.69, 9.17) is 5.73 Å². The van der Waals surface area contributed by atoms with Gasteiger partial charge < -0.3 is 10.6 Å². The zero-order chi connectivity index (χ0) is 14.5. The molecule has 2 N–H and O–H groups in total. The molecule has 6 heteroatoms. The van der Waals surface area contributed by atoms with Crippen molar-refractivity contribution in [1.82, 2.24) is 9.88 Å². The van der Waals surface area contributed by atoms with Crippen LogP contribution in [0.25, 0.3) is 0 Å². The predicted molar refractivity (Wildman–Crippen MR) is 84.8 cm³/mol. The number of benzene rings is 1. The molecule has 4 nitrogen and oxygen atoms in total. The molecule has 1 heterocycles. The molecule has 0 atom stereocenters. The van der Waals surface area contributed by atoms with Crippen LogP contribution < -0.4 is 5.73 Å². The Morgan fingerprint density at radius 1 is 1.45 bits per heavy atom. The SMILES string of the molecule is CN(Cc1ccccc1Br)C(=O)c1csc(CCN)n1. The maximum Gasteiger partial charge on any atom is 0.273 e. The zero-order valence-corrected chi connectivity index (χ0v) is 13.6. The largest absolute Gasteiger partial charge is 0.336 e. The molecule has 2 aromatic rings. The van der Waals surface area contributed by atoms with Gasteiger partial charge in [-0.3, -0.25) is 4.79 Å². The van der Waals surface area contributed by atoms with Gasteiger partial charge in [0.2, 0.25) is 0 Å². The lowest BCUT2D eigenvalue weighted by Crippen LogP contribution is -2.26. The normalized spacial score (nSPS) is 10.6. The highest BCUT2D eigenvalue weighted by molar-refractivity contribution is 9.10. The Hall–Kier alpha value is -1.24. The molecule has 0 unspecified atom stereocenters. The summed E-state index contributed by atoms with van der Waals surface area (Å²) in [6.45, 7) is 1.10. The Kier molecular flexibility index (Phi) is 5.28. The maximum atomic E-state index is 12.3. The van der Waals surface area contributed by atoms with Crippen LogP contribution in [0, 0.1) is 0 Å². The third kappa shape index (κ3) is 3.65. The summed E-state index contributed by atoms with van der Waals surface area (Å²) in [5, 5.41) is 2.70. The number of nitrogens with zero attached hydrogens (tertiary/aromatic N) is 2. The van der Waals surface area contributed by atoms with Crippen molar-refractivity contribution in [3.63, 3.8) is 0 Å². The number of rotatable bonds is 5. The minimum atomic E-state index is -0.0692. The van der Waals surface area contributed by atoms with Gasteiger partial charge >= 0.3 is 0 Å². The molecule has 106 valence electrons. The van der Waals surface area contributed by atoms with E-state index in [9.17, 15) is 4.79 Å². The van der Waals surface area contributed by atoms with Crippen molar-refractivity contribution in [1.29, 1.82) is 0 Å². The highest BCUT2D eigenvalue weighted by atomic mass is 79.9. The highest BCUT2D eigenvalue weighted by Crippen LogP contribution is 2.19. The Bertz CT molecular complexity index is 600. The first-order valence-electron chi connectivity index (χ1n) is 6.25. The highest BCUT2D eigenvalue weighted by Gasteiger charge is 2.16. The van der Waals surface area contributed by atoms with Crippen molar-refractivity contribution < 1.29 is 4.79 Å². The Morgan fingerprint density at radius 3 is 2.90 bits per heavy atom. The first kappa shape index (κ1) is 15.2. The van der Waals surface area contributed by atoms with Crippen molar-refractivity contribution in [3.8, 4) is 0 Å². The van der Waals surface area contributed by atoms with Gasteiger partial charge in [-0.25, -0.2) is 4.98 Å². The van der Waals surface area contributed by atoms with E-state index >= 15 is 0 Å². The smallest absolute Gasteiger partial charge is 0.273 e. The van der Waals surface area contributed by atoms with Crippen LogP contribution in [0.5, 0.6) is 0 Å². The summed E-state index contributed by atoms with van der Waals surface area (Å²) >= 11 is 4.97. The fraction of sp³-hybridized carbons (Fsp3) is 0.286. The van der Waals surface area contributed by atoms with Crippen LogP contribution in [0.4, 0.5) is 0 Å². The van der Waals surface area contributed by atoms with E-state index in [1.54, 1.807) is 17.3 Å². The van der Waals surface area contributed by atoms with Crippen LogP contribution in [-0.4, -0.2) is 29.4 Å². The third-order valence-electron chi connectivity index (χ3n) is 2.84. The molecule has 0 aliphatic rings. The number of amides is 1. The number of nitrogens with two attached hydrogens (primary N) is 1. The van der Waals surface area contributed by atoms with Gasteiger partial charge in [0.25, 0.3) is 5.91 Å². The molecule has 20 heavy (non-hydrogen) atoms. The molecular weight excluding hydrogens is 338 g/mol. The van der Waals surface area contributed by atoms with Crippen molar-refractivity contribution in [2.45, 2.75) is 13.0 Å². The monoisotopic (exact) mass is 353 g/mol. The first-order chi connectivity index (χ1) is 9.61. The quantitative estimate of drug-likeness (QED) is 0.898. The summed E-state index contributed by atoms with van der Waals surface area (Å²) in [6, 6.07) is 7.88. The van der Waals surface area contributed by atoms with Crippen LogP contribution in [-0.2, 0) is 13.0 Å². The van der Waals surface area contributed by atoms with E-state index in [0.29, 0.717) is 25.2 Å². The first-order valence-corrected chi connectivity index (χ1v) is 7.92. The van der Waals surface area contributed by atoms with Crippen LogP contribution >= 0.6 is 27.3 Å². The predicted octanol–water partition coefficient (Wildman–Crippen LogP) is 2.68. The lowest BCUT2D eigenvalue weighted by molar-refractivity contribution is 0.0779. The number of carbonyl (C=O) groups excluding carboxylic acids is 1. The molecular formula is C14H16BrN3OS. The number of hydrogen-bond donors (Lipinski definition) is 1. The third-order valence-corrected chi connectivity index (χ3v) is 4.52. The average Bonchev–Trinajstić information content (AvgIpc) is 2.89. The minimum absolute atomic E-state index is 0.0692. The zero-order valence-electron chi connectivity index (χ0n) is 11.2. The van der Waals surface area contributed by atoms with E-state index in [2.05, 4.69) is 20.9 Å². The van der Waals surface area contributed by atoms with E-state index in [0.717, 1.165) is 15.0 Å². The average molecular weight is 354 g/mol. The number of thiazole rings is 1. The summed E-state index contributed by atoms with van der Waals surface area (Å²) in [6.07, 6.45) is 0.714. The van der Waals surface area contributed by atoms with Gasteiger partial charge in [-0.1, -0.05) is 34.1 Å². The van der Waals surface area contributed by atoms with Crippen molar-refractivity contribution in [3.05, 3.63) is 50.4 Å². The van der Waals surface area contributed by atoms with Gasteiger partial charge in [0.15, 0.2) is 0 Å². The summed E-state index contributed by atoms with van der Waals surface area (Å²) < 4.78 is 1.00. The second-order valence-electron chi connectivity index (χ2n) is 4.42. The molecule has 0 aliphatic carbocycles. The molecule has 0 saturated heterocycles. The standard InChI is InChI=1S/C14H16BrN3OS/c1-18(8-10-4-2-3-5-11(10)15)14(19)12-9-20-13(17-12)6-7-16/h2-5,9H,6-8,16H2,1H3. The molecule has 0 aliphatic heterocycles. The van der Waals surface area contributed by atoms with Crippen LogP contribution in [0.2, 0.25) is 0 Å². The second-order valence-corrected chi connectivity index (χ2v) is 6.21. The van der Waals surface area contributed by atoms with Gasteiger partial charge in [-0.15, -0.1) is 11.3 Å². The topological polar surface area (TPSA) is 59.2 Å². The molecule has 0 saturated carbocycles. The van der Waals surface area contributed by atoms with Crippen molar-refractivity contribution in [2.75, 3.05) is 13.6 Å². The molecule has 1 aromatic heterocycles. The van der Waals surface area contributed by atoms with Gasteiger partial charge in [0, 0.05) is 29.9 Å². The van der Waals surface area contributed by atoms with Gasteiger partial charge in [-0.2, -0.15) is 0 Å². The molecule has 0 spiro atoms. The molecule has 0 bridgehead atoms. The lowest BCUT2D eigenvalue weighted by atomic mass is 10.2. The maximum absolute atomic E-state index is 12.3. The molecule has 1 aromatic carbocycles.